The van der Waals surface area contributed by atoms with E-state index in [1.807, 2.05) is 85.1 Å². The molecule has 37 heavy (non-hydrogen) atoms. The zero-order valence-corrected chi connectivity index (χ0v) is 21.6. The van der Waals surface area contributed by atoms with Crippen molar-refractivity contribution in [3.63, 3.8) is 0 Å². The number of ether oxygens (including phenoxy) is 2. The van der Waals surface area contributed by atoms with Crippen molar-refractivity contribution in [1.29, 1.82) is 0 Å². The van der Waals surface area contributed by atoms with E-state index in [0.29, 0.717) is 28.0 Å². The number of aryl methyl sites for hydroxylation is 1. The summed E-state index contributed by atoms with van der Waals surface area (Å²) >= 11 is 7.13. The molecule has 8 heteroatoms. The number of amides is 2. The highest BCUT2D eigenvalue weighted by Crippen LogP contribution is 2.34. The predicted molar refractivity (Wildman–Crippen MR) is 148 cm³/mol. The Morgan fingerprint density at radius 1 is 0.838 bits per heavy atom. The molecule has 1 fully saturated rings. The molecule has 188 valence electrons. The van der Waals surface area contributed by atoms with Crippen molar-refractivity contribution < 1.29 is 19.1 Å². The van der Waals surface area contributed by atoms with Crippen LogP contribution in [0.5, 0.6) is 11.5 Å². The maximum Gasteiger partial charge on any atom is 0.293 e. The summed E-state index contributed by atoms with van der Waals surface area (Å²) in [5.41, 5.74) is 1.95. The number of imide groups is 1. The largest absolute Gasteiger partial charge is 0.492 e. The fourth-order valence-corrected chi connectivity index (χ4v) is 5.21. The van der Waals surface area contributed by atoms with Gasteiger partial charge in [-0.3, -0.25) is 14.5 Å². The summed E-state index contributed by atoms with van der Waals surface area (Å²) in [5.74, 6) is 1.08. The van der Waals surface area contributed by atoms with Gasteiger partial charge in [-0.15, -0.1) is 0 Å². The Bertz CT molecular complexity index is 1450. The molecule has 0 N–H and O–H groups in total. The molecular weight excluding hydrogens is 508 g/mol. The average Bonchev–Trinajstić information content (AvgIpc) is 3.40. The number of carbonyl (C=O) groups excluding carboxylic acids is 2. The Morgan fingerprint density at radius 3 is 2.43 bits per heavy atom. The second-order valence-corrected chi connectivity index (χ2v) is 9.82. The van der Waals surface area contributed by atoms with Gasteiger partial charge in [0.15, 0.2) is 0 Å². The molecule has 0 saturated carbocycles. The first-order chi connectivity index (χ1) is 18.1. The maximum absolute atomic E-state index is 13.0. The van der Waals surface area contributed by atoms with Gasteiger partial charge in [-0.2, -0.15) is 0 Å². The van der Waals surface area contributed by atoms with Crippen LogP contribution in [0.15, 0.2) is 90.0 Å². The molecule has 3 aromatic carbocycles. The first-order valence-corrected chi connectivity index (χ1v) is 13.2. The first kappa shape index (κ1) is 25.0. The van der Waals surface area contributed by atoms with Crippen molar-refractivity contribution in [1.82, 2.24) is 9.47 Å². The molecule has 2 amide bonds. The van der Waals surface area contributed by atoms with Crippen LogP contribution in [0.1, 0.15) is 12.0 Å². The van der Waals surface area contributed by atoms with Gasteiger partial charge in [0.05, 0.1) is 23.1 Å². The number of rotatable bonds is 10. The summed E-state index contributed by atoms with van der Waals surface area (Å²) in [6.07, 6.45) is 4.61. The minimum atomic E-state index is -0.295. The molecular formula is C29H25ClN2O4S. The molecule has 0 aliphatic carbocycles. The van der Waals surface area contributed by atoms with E-state index in [1.54, 1.807) is 6.07 Å². The lowest BCUT2D eigenvalue weighted by Crippen LogP contribution is -2.32. The maximum atomic E-state index is 13.0. The Morgan fingerprint density at radius 2 is 1.59 bits per heavy atom. The number of para-hydroxylation sites is 3. The highest BCUT2D eigenvalue weighted by atomic mass is 35.5. The van der Waals surface area contributed by atoms with E-state index in [2.05, 4.69) is 4.57 Å². The molecule has 4 aromatic rings. The van der Waals surface area contributed by atoms with Crippen molar-refractivity contribution in [2.45, 2.75) is 13.0 Å². The van der Waals surface area contributed by atoms with Crippen molar-refractivity contribution in [3.8, 4) is 11.5 Å². The number of halogens is 1. The van der Waals surface area contributed by atoms with Crippen LogP contribution in [0.3, 0.4) is 0 Å². The summed E-state index contributed by atoms with van der Waals surface area (Å²) in [4.78, 5) is 27.2. The number of nitrogens with zero attached hydrogens (tertiary/aromatic N) is 2. The Hall–Kier alpha value is -3.68. The molecule has 0 atom stereocenters. The minimum absolute atomic E-state index is 0.199. The van der Waals surface area contributed by atoms with Gasteiger partial charge >= 0.3 is 0 Å². The molecule has 1 aliphatic rings. The SMILES string of the molecule is O=C1S/C(=C\c2cn(CCCOc3ccccc3Cl)c3ccccc23)C(=O)N1CCOc1ccccc1. The third kappa shape index (κ3) is 5.84. The molecule has 6 nitrogen and oxygen atoms in total. The number of carbonyl (C=O) groups is 2. The van der Waals surface area contributed by atoms with E-state index in [-0.39, 0.29) is 24.3 Å². The number of thioether (sulfide) groups is 1. The van der Waals surface area contributed by atoms with Gasteiger partial charge in [0.25, 0.3) is 11.1 Å². The lowest BCUT2D eigenvalue weighted by atomic mass is 10.1. The Labute approximate surface area is 224 Å². The van der Waals surface area contributed by atoms with E-state index in [0.717, 1.165) is 41.2 Å². The third-order valence-corrected chi connectivity index (χ3v) is 7.16. The number of aromatic nitrogens is 1. The quantitative estimate of drug-likeness (QED) is 0.164. The normalized spacial score (nSPS) is 14.6. The highest BCUT2D eigenvalue weighted by Gasteiger charge is 2.35. The van der Waals surface area contributed by atoms with Gasteiger partial charge in [-0.1, -0.05) is 60.1 Å². The molecule has 0 unspecified atom stereocenters. The molecule has 2 heterocycles. The van der Waals surface area contributed by atoms with Gasteiger partial charge in [0, 0.05) is 29.2 Å². The standard InChI is InChI=1S/C29H25ClN2O4S/c30-24-12-5-7-14-26(24)36-17-8-15-31-20-21(23-11-4-6-13-25(23)31)19-27-28(33)32(29(34)37-27)16-18-35-22-9-2-1-3-10-22/h1-7,9-14,19-20H,8,15-18H2/b27-19-. The minimum Gasteiger partial charge on any atom is -0.492 e. The zero-order chi connectivity index (χ0) is 25.6. The number of fused-ring (bicyclic) bond motifs is 1. The molecule has 1 aromatic heterocycles. The van der Waals surface area contributed by atoms with Crippen LogP contribution >= 0.6 is 23.4 Å². The predicted octanol–water partition coefficient (Wildman–Crippen LogP) is 6.88. The van der Waals surface area contributed by atoms with Crippen molar-refractivity contribution >= 4 is 51.5 Å². The average molecular weight is 533 g/mol. The highest BCUT2D eigenvalue weighted by molar-refractivity contribution is 8.18. The summed E-state index contributed by atoms with van der Waals surface area (Å²) in [6, 6.07) is 24.8. The number of hydrogen-bond acceptors (Lipinski definition) is 5. The fraction of sp³-hybridized carbons (Fsp3) is 0.172. The molecule has 0 spiro atoms. The second-order valence-electron chi connectivity index (χ2n) is 8.42. The van der Waals surface area contributed by atoms with Crippen LogP contribution in [-0.4, -0.2) is 40.4 Å². The second kappa shape index (κ2) is 11.6. The lowest BCUT2D eigenvalue weighted by molar-refractivity contribution is -0.123. The summed E-state index contributed by atoms with van der Waals surface area (Å²) in [6.45, 7) is 1.70. The van der Waals surface area contributed by atoms with E-state index >= 15 is 0 Å². The molecule has 1 aliphatic heterocycles. The lowest BCUT2D eigenvalue weighted by Gasteiger charge is -2.13. The van der Waals surface area contributed by atoms with Gasteiger partial charge < -0.3 is 14.0 Å². The summed E-state index contributed by atoms with van der Waals surface area (Å²) < 4.78 is 13.6. The van der Waals surface area contributed by atoms with Crippen LogP contribution < -0.4 is 9.47 Å². The number of hydrogen-bond donors (Lipinski definition) is 0. The van der Waals surface area contributed by atoms with E-state index in [1.165, 1.54) is 4.90 Å². The molecule has 0 bridgehead atoms. The van der Waals surface area contributed by atoms with Crippen LogP contribution in [0.25, 0.3) is 17.0 Å². The summed E-state index contributed by atoms with van der Waals surface area (Å²) in [5, 5.41) is 1.33. The number of benzene rings is 3. The van der Waals surface area contributed by atoms with Gasteiger partial charge in [0.1, 0.15) is 18.1 Å². The monoisotopic (exact) mass is 532 g/mol. The Balaban J connectivity index is 1.25. The van der Waals surface area contributed by atoms with Gasteiger partial charge in [-0.25, -0.2) is 0 Å². The van der Waals surface area contributed by atoms with Crippen LogP contribution in [0.2, 0.25) is 5.02 Å². The van der Waals surface area contributed by atoms with Gasteiger partial charge in [-0.05, 0) is 54.6 Å². The first-order valence-electron chi connectivity index (χ1n) is 12.0. The van der Waals surface area contributed by atoms with Crippen LogP contribution in [0.4, 0.5) is 4.79 Å². The molecule has 1 saturated heterocycles. The topological polar surface area (TPSA) is 60.8 Å². The van der Waals surface area contributed by atoms with E-state index in [9.17, 15) is 9.59 Å². The van der Waals surface area contributed by atoms with E-state index < -0.39 is 0 Å². The summed E-state index contributed by atoms with van der Waals surface area (Å²) in [7, 11) is 0. The van der Waals surface area contributed by atoms with E-state index in [4.69, 9.17) is 21.1 Å². The fourth-order valence-electron chi connectivity index (χ4n) is 4.16. The van der Waals surface area contributed by atoms with Crippen molar-refractivity contribution in [2.24, 2.45) is 0 Å². The molecule has 0 radical (unpaired) electrons. The zero-order valence-electron chi connectivity index (χ0n) is 20.0. The Kier molecular flexibility index (Phi) is 7.82. The smallest absolute Gasteiger partial charge is 0.293 e. The van der Waals surface area contributed by atoms with Crippen LogP contribution in [0, 0.1) is 0 Å². The van der Waals surface area contributed by atoms with Crippen LogP contribution in [-0.2, 0) is 11.3 Å². The third-order valence-electron chi connectivity index (χ3n) is 5.94. The molecule has 5 rings (SSSR count). The van der Waals surface area contributed by atoms with Gasteiger partial charge in [0.2, 0.25) is 0 Å². The van der Waals surface area contributed by atoms with Crippen molar-refractivity contribution in [3.05, 3.63) is 101 Å². The van der Waals surface area contributed by atoms with Crippen molar-refractivity contribution in [2.75, 3.05) is 19.8 Å².